The Kier molecular flexibility index (Phi) is 5.59. The standard InChI is InChI=1S/C17H21ClN2O/c1-4-13-10-15(6-7-16(13)18)21-17-11-14(8-9-20-17)12(3)19-5-2/h6-12,19H,4-5H2,1-3H3. The van der Waals surface area contributed by atoms with E-state index in [-0.39, 0.29) is 6.04 Å². The number of benzene rings is 1. The summed E-state index contributed by atoms with van der Waals surface area (Å²) in [5.41, 5.74) is 2.23. The third-order valence-corrected chi connectivity index (χ3v) is 3.76. The maximum absolute atomic E-state index is 6.12. The van der Waals surface area contributed by atoms with Crippen molar-refractivity contribution in [2.24, 2.45) is 0 Å². The lowest BCUT2D eigenvalue weighted by molar-refractivity contribution is 0.459. The minimum absolute atomic E-state index is 0.275. The highest BCUT2D eigenvalue weighted by Crippen LogP contribution is 2.27. The van der Waals surface area contributed by atoms with Crippen LogP contribution in [0.25, 0.3) is 0 Å². The van der Waals surface area contributed by atoms with Gasteiger partial charge in [0, 0.05) is 23.3 Å². The second kappa shape index (κ2) is 7.43. The molecule has 1 unspecified atom stereocenters. The molecule has 0 radical (unpaired) electrons. The second-order valence-electron chi connectivity index (χ2n) is 4.92. The lowest BCUT2D eigenvalue weighted by Gasteiger charge is -2.14. The van der Waals surface area contributed by atoms with Gasteiger partial charge in [-0.1, -0.05) is 25.4 Å². The molecule has 4 heteroatoms. The zero-order valence-corrected chi connectivity index (χ0v) is 13.4. The van der Waals surface area contributed by atoms with Crippen molar-refractivity contribution in [3.8, 4) is 11.6 Å². The van der Waals surface area contributed by atoms with Gasteiger partial charge < -0.3 is 10.1 Å². The Bertz CT molecular complexity index is 601. The Hall–Kier alpha value is -1.58. The van der Waals surface area contributed by atoms with Gasteiger partial charge in [0.15, 0.2) is 0 Å². The van der Waals surface area contributed by atoms with Gasteiger partial charge >= 0.3 is 0 Å². The Morgan fingerprint density at radius 3 is 2.76 bits per heavy atom. The second-order valence-corrected chi connectivity index (χ2v) is 5.32. The van der Waals surface area contributed by atoms with Crippen LogP contribution in [0.3, 0.4) is 0 Å². The number of aromatic nitrogens is 1. The highest BCUT2D eigenvalue weighted by Gasteiger charge is 2.07. The molecule has 1 heterocycles. The van der Waals surface area contributed by atoms with Crippen molar-refractivity contribution in [2.75, 3.05) is 6.54 Å². The van der Waals surface area contributed by atoms with Gasteiger partial charge in [0.1, 0.15) is 5.75 Å². The lowest BCUT2D eigenvalue weighted by atomic mass is 10.1. The minimum Gasteiger partial charge on any atom is -0.439 e. The Morgan fingerprint density at radius 1 is 1.24 bits per heavy atom. The normalized spacial score (nSPS) is 12.2. The zero-order chi connectivity index (χ0) is 15.2. The topological polar surface area (TPSA) is 34.2 Å². The van der Waals surface area contributed by atoms with Gasteiger partial charge in [-0.3, -0.25) is 0 Å². The number of pyridine rings is 1. The van der Waals surface area contributed by atoms with Crippen molar-refractivity contribution >= 4 is 11.6 Å². The van der Waals surface area contributed by atoms with E-state index in [2.05, 4.69) is 31.1 Å². The van der Waals surface area contributed by atoms with Crippen LogP contribution in [0.5, 0.6) is 11.6 Å². The summed E-state index contributed by atoms with van der Waals surface area (Å²) in [6.45, 7) is 7.22. The van der Waals surface area contributed by atoms with Gasteiger partial charge in [-0.2, -0.15) is 0 Å². The first kappa shape index (κ1) is 15.8. The number of hydrogen-bond acceptors (Lipinski definition) is 3. The quantitative estimate of drug-likeness (QED) is 0.835. The third-order valence-electron chi connectivity index (χ3n) is 3.39. The summed E-state index contributed by atoms with van der Waals surface area (Å²) in [4.78, 5) is 4.27. The summed E-state index contributed by atoms with van der Waals surface area (Å²) < 4.78 is 5.85. The van der Waals surface area contributed by atoms with Gasteiger partial charge in [0.2, 0.25) is 5.88 Å². The van der Waals surface area contributed by atoms with Crippen LogP contribution in [-0.4, -0.2) is 11.5 Å². The van der Waals surface area contributed by atoms with Crippen LogP contribution in [0.4, 0.5) is 0 Å². The summed E-state index contributed by atoms with van der Waals surface area (Å²) in [6.07, 6.45) is 2.65. The van der Waals surface area contributed by atoms with Crippen molar-refractivity contribution in [2.45, 2.75) is 33.2 Å². The van der Waals surface area contributed by atoms with Crippen LogP contribution in [0.15, 0.2) is 36.5 Å². The number of ether oxygens (including phenoxy) is 1. The molecule has 1 aromatic heterocycles. The van der Waals surface area contributed by atoms with E-state index >= 15 is 0 Å². The molecule has 1 aromatic carbocycles. The van der Waals surface area contributed by atoms with Crippen molar-refractivity contribution in [3.63, 3.8) is 0 Å². The fourth-order valence-electron chi connectivity index (χ4n) is 2.18. The molecule has 0 bridgehead atoms. The van der Waals surface area contributed by atoms with Crippen LogP contribution in [0.1, 0.15) is 37.9 Å². The van der Waals surface area contributed by atoms with Gasteiger partial charge in [0.25, 0.3) is 0 Å². The highest BCUT2D eigenvalue weighted by molar-refractivity contribution is 6.31. The Labute approximate surface area is 131 Å². The van der Waals surface area contributed by atoms with E-state index < -0.39 is 0 Å². The molecule has 0 spiro atoms. The maximum Gasteiger partial charge on any atom is 0.219 e. The zero-order valence-electron chi connectivity index (χ0n) is 12.7. The van der Waals surface area contributed by atoms with Crippen molar-refractivity contribution in [1.82, 2.24) is 10.3 Å². The summed E-state index contributed by atoms with van der Waals surface area (Å²) in [5.74, 6) is 1.36. The molecule has 0 aliphatic carbocycles. The van der Waals surface area contributed by atoms with Gasteiger partial charge in [-0.25, -0.2) is 4.98 Å². The Balaban J connectivity index is 2.18. The molecule has 1 atom stereocenters. The molecule has 112 valence electrons. The van der Waals surface area contributed by atoms with Gasteiger partial charge in [0.05, 0.1) is 0 Å². The van der Waals surface area contributed by atoms with E-state index in [0.717, 1.165) is 34.9 Å². The molecule has 0 aliphatic heterocycles. The van der Waals surface area contributed by atoms with Crippen molar-refractivity contribution in [1.29, 1.82) is 0 Å². The van der Waals surface area contributed by atoms with E-state index in [1.165, 1.54) is 0 Å². The third kappa shape index (κ3) is 4.19. The van der Waals surface area contributed by atoms with Crippen molar-refractivity contribution < 1.29 is 4.74 Å². The number of aryl methyl sites for hydroxylation is 1. The average molecular weight is 305 g/mol. The van der Waals surface area contributed by atoms with Crippen LogP contribution in [-0.2, 0) is 6.42 Å². The number of nitrogens with zero attached hydrogens (tertiary/aromatic N) is 1. The predicted octanol–water partition coefficient (Wildman–Crippen LogP) is 4.76. The molecule has 0 saturated carbocycles. The molecular formula is C17H21ClN2O. The van der Waals surface area contributed by atoms with Crippen LogP contribution in [0.2, 0.25) is 5.02 Å². The molecule has 1 N–H and O–H groups in total. The summed E-state index contributed by atoms with van der Waals surface area (Å²) in [6, 6.07) is 9.93. The fraction of sp³-hybridized carbons (Fsp3) is 0.353. The van der Waals surface area contributed by atoms with E-state index in [1.54, 1.807) is 6.20 Å². The molecule has 0 aliphatic rings. The van der Waals surface area contributed by atoms with Gasteiger partial charge in [-0.05, 0) is 55.3 Å². The van der Waals surface area contributed by atoms with E-state index in [4.69, 9.17) is 16.3 Å². The monoisotopic (exact) mass is 304 g/mol. The maximum atomic E-state index is 6.12. The van der Waals surface area contributed by atoms with E-state index in [1.807, 2.05) is 30.3 Å². The number of nitrogens with one attached hydrogen (secondary N) is 1. The molecule has 0 fully saturated rings. The fourth-order valence-corrected chi connectivity index (χ4v) is 2.43. The lowest BCUT2D eigenvalue weighted by Crippen LogP contribution is -2.17. The number of rotatable bonds is 6. The first-order valence-corrected chi connectivity index (χ1v) is 7.67. The van der Waals surface area contributed by atoms with Crippen LogP contribution >= 0.6 is 11.6 Å². The molecule has 2 aromatic rings. The molecule has 21 heavy (non-hydrogen) atoms. The van der Waals surface area contributed by atoms with Crippen LogP contribution in [0, 0.1) is 0 Å². The molecule has 0 amide bonds. The van der Waals surface area contributed by atoms with Crippen LogP contribution < -0.4 is 10.1 Å². The van der Waals surface area contributed by atoms with E-state index in [0.29, 0.717) is 5.88 Å². The summed E-state index contributed by atoms with van der Waals surface area (Å²) in [7, 11) is 0. The first-order chi connectivity index (χ1) is 10.1. The smallest absolute Gasteiger partial charge is 0.219 e. The largest absolute Gasteiger partial charge is 0.439 e. The minimum atomic E-state index is 0.275. The number of halogens is 1. The number of hydrogen-bond donors (Lipinski definition) is 1. The predicted molar refractivity (Wildman–Crippen MR) is 87.2 cm³/mol. The molecule has 2 rings (SSSR count). The SMILES string of the molecule is CCNC(C)c1ccnc(Oc2ccc(Cl)c(CC)c2)c1. The molecule has 0 saturated heterocycles. The Morgan fingerprint density at radius 2 is 2.05 bits per heavy atom. The summed E-state index contributed by atoms with van der Waals surface area (Å²) >= 11 is 6.12. The van der Waals surface area contributed by atoms with Gasteiger partial charge in [-0.15, -0.1) is 0 Å². The molecular weight excluding hydrogens is 284 g/mol. The first-order valence-electron chi connectivity index (χ1n) is 7.29. The summed E-state index contributed by atoms with van der Waals surface area (Å²) in [5, 5.41) is 4.15. The highest BCUT2D eigenvalue weighted by atomic mass is 35.5. The average Bonchev–Trinajstić information content (AvgIpc) is 2.50. The van der Waals surface area contributed by atoms with E-state index in [9.17, 15) is 0 Å². The molecule has 3 nitrogen and oxygen atoms in total. The van der Waals surface area contributed by atoms with Crippen molar-refractivity contribution in [3.05, 3.63) is 52.7 Å².